The van der Waals surface area contributed by atoms with Crippen molar-refractivity contribution < 1.29 is 14.3 Å². The number of carbonyl (C=O) groups excluding carboxylic acids is 2. The third kappa shape index (κ3) is 4.82. The average molecular weight is 435 g/mol. The number of nitrogens with one attached hydrogen (secondary N) is 1. The largest absolute Gasteiger partial charge is 0.466 e. The van der Waals surface area contributed by atoms with Gasteiger partial charge in [-0.2, -0.15) is 0 Å². The molecule has 0 spiro atoms. The van der Waals surface area contributed by atoms with Crippen LogP contribution in [0, 0.1) is 12.8 Å². The molecule has 2 atom stereocenters. The number of nitrogens with zero attached hydrogens (tertiary/aromatic N) is 1. The first-order valence-electron chi connectivity index (χ1n) is 12.0. The zero-order valence-corrected chi connectivity index (χ0v) is 19.2. The molecule has 1 aliphatic carbocycles. The fraction of sp³-hybridized carbons (Fsp3) is 0.481. The maximum absolute atomic E-state index is 13.6. The molecule has 170 valence electrons. The molecule has 2 fully saturated rings. The number of hydrogen-bond acceptors (Lipinski definition) is 4. The molecule has 2 aromatic rings. The molecular formula is C27H34N2O3. The van der Waals surface area contributed by atoms with Crippen LogP contribution < -0.4 is 5.32 Å². The maximum atomic E-state index is 13.6. The van der Waals surface area contributed by atoms with Crippen LogP contribution in [0.5, 0.6) is 0 Å². The Morgan fingerprint density at radius 3 is 2.41 bits per heavy atom. The minimum Gasteiger partial charge on any atom is -0.466 e. The molecule has 1 heterocycles. The molecule has 4 rings (SSSR count). The number of ether oxygens (including phenoxy) is 1. The fourth-order valence-electron chi connectivity index (χ4n) is 5.18. The summed E-state index contributed by atoms with van der Waals surface area (Å²) in [7, 11) is 0. The van der Waals surface area contributed by atoms with E-state index in [4.69, 9.17) is 4.74 Å². The molecule has 2 aliphatic rings. The van der Waals surface area contributed by atoms with E-state index in [-0.39, 0.29) is 23.8 Å². The van der Waals surface area contributed by atoms with Crippen LogP contribution in [-0.4, -0.2) is 36.0 Å². The van der Waals surface area contributed by atoms with E-state index in [0.717, 1.165) is 29.7 Å². The van der Waals surface area contributed by atoms with Crippen LogP contribution in [0.1, 0.15) is 73.0 Å². The molecule has 1 aliphatic heterocycles. The van der Waals surface area contributed by atoms with E-state index >= 15 is 0 Å². The van der Waals surface area contributed by atoms with Crippen LogP contribution >= 0.6 is 0 Å². The monoisotopic (exact) mass is 434 g/mol. The first-order chi connectivity index (χ1) is 15.6. The van der Waals surface area contributed by atoms with Gasteiger partial charge in [0.1, 0.15) is 0 Å². The quantitative estimate of drug-likeness (QED) is 0.610. The van der Waals surface area contributed by atoms with Crippen molar-refractivity contribution in [3.8, 4) is 0 Å². The minimum absolute atomic E-state index is 0.0183. The van der Waals surface area contributed by atoms with Crippen LogP contribution in [0.3, 0.4) is 0 Å². The van der Waals surface area contributed by atoms with Gasteiger partial charge in [0.25, 0.3) is 5.91 Å². The van der Waals surface area contributed by atoms with E-state index < -0.39 is 0 Å². The summed E-state index contributed by atoms with van der Waals surface area (Å²) in [4.78, 5) is 28.3. The van der Waals surface area contributed by atoms with Crippen molar-refractivity contribution in [2.45, 2.75) is 64.5 Å². The smallest absolute Gasteiger partial charge is 0.311 e. The first kappa shape index (κ1) is 22.4. The maximum Gasteiger partial charge on any atom is 0.311 e. The van der Waals surface area contributed by atoms with Crippen LogP contribution in [0.4, 0.5) is 5.69 Å². The van der Waals surface area contributed by atoms with E-state index in [1.807, 2.05) is 43.0 Å². The van der Waals surface area contributed by atoms with Crippen LogP contribution in [0.2, 0.25) is 0 Å². The minimum atomic E-state index is -0.356. The number of anilines is 1. The Labute approximate surface area is 191 Å². The Morgan fingerprint density at radius 1 is 1.00 bits per heavy atom. The standard InChI is InChI=1S/C27H34N2O3/c1-3-32-27(31)24-13-8-18-29(26(30)23-12-7-4-9-19(23)2)25(24)20-14-16-22(17-15-20)28-21-10-5-6-11-21/h4,7,9,12,14-17,21,24-25,28H,3,5-6,8,10-11,13,18H2,1-2H3/t24?,25-/m0/s1. The van der Waals surface area contributed by atoms with Gasteiger partial charge in [0.05, 0.1) is 18.6 Å². The lowest BCUT2D eigenvalue weighted by molar-refractivity contribution is -0.151. The highest BCUT2D eigenvalue weighted by atomic mass is 16.5. The summed E-state index contributed by atoms with van der Waals surface area (Å²) in [6, 6.07) is 16.2. The predicted octanol–water partition coefficient (Wildman–Crippen LogP) is 5.51. The molecule has 1 amide bonds. The lowest BCUT2D eigenvalue weighted by Gasteiger charge is -2.41. The van der Waals surface area contributed by atoms with Crippen molar-refractivity contribution in [3.63, 3.8) is 0 Å². The highest BCUT2D eigenvalue weighted by Gasteiger charge is 2.40. The van der Waals surface area contributed by atoms with E-state index in [1.165, 1.54) is 25.7 Å². The van der Waals surface area contributed by atoms with Gasteiger partial charge in [0.15, 0.2) is 0 Å². The van der Waals surface area contributed by atoms with Gasteiger partial charge in [-0.25, -0.2) is 0 Å². The highest BCUT2D eigenvalue weighted by molar-refractivity contribution is 5.96. The van der Waals surface area contributed by atoms with Gasteiger partial charge in [-0.05, 0) is 68.9 Å². The lowest BCUT2D eigenvalue weighted by Crippen LogP contribution is -2.45. The number of rotatable bonds is 6. The van der Waals surface area contributed by atoms with E-state index in [0.29, 0.717) is 24.8 Å². The number of piperidine rings is 1. The molecular weight excluding hydrogens is 400 g/mol. The summed E-state index contributed by atoms with van der Waals surface area (Å²) in [5, 5.41) is 3.62. The van der Waals surface area contributed by atoms with Crippen molar-refractivity contribution in [3.05, 3.63) is 65.2 Å². The topological polar surface area (TPSA) is 58.6 Å². The van der Waals surface area contributed by atoms with Crippen LogP contribution in [-0.2, 0) is 9.53 Å². The van der Waals surface area contributed by atoms with Gasteiger partial charge in [-0.15, -0.1) is 0 Å². The summed E-state index contributed by atoms with van der Waals surface area (Å²) in [6.07, 6.45) is 6.52. The third-order valence-corrected chi connectivity index (χ3v) is 6.83. The molecule has 32 heavy (non-hydrogen) atoms. The number of benzene rings is 2. The van der Waals surface area contributed by atoms with Gasteiger partial charge in [0.2, 0.25) is 0 Å². The number of amides is 1. The highest BCUT2D eigenvalue weighted by Crippen LogP contribution is 2.38. The Bertz CT molecular complexity index is 934. The second kappa shape index (κ2) is 10.2. The number of hydrogen-bond donors (Lipinski definition) is 1. The normalized spacial score (nSPS) is 21.4. The summed E-state index contributed by atoms with van der Waals surface area (Å²) in [5.74, 6) is -0.589. The fourth-order valence-corrected chi connectivity index (χ4v) is 5.18. The van der Waals surface area contributed by atoms with Crippen molar-refractivity contribution >= 4 is 17.6 Å². The molecule has 5 nitrogen and oxygen atoms in total. The Hall–Kier alpha value is -2.82. The van der Waals surface area contributed by atoms with E-state index in [1.54, 1.807) is 0 Å². The third-order valence-electron chi connectivity index (χ3n) is 6.83. The Balaban J connectivity index is 1.64. The van der Waals surface area contributed by atoms with Crippen LogP contribution in [0.15, 0.2) is 48.5 Å². The number of esters is 1. The second-order valence-corrected chi connectivity index (χ2v) is 9.01. The molecule has 1 N–H and O–H groups in total. The zero-order chi connectivity index (χ0) is 22.5. The molecule has 5 heteroatoms. The van der Waals surface area contributed by atoms with E-state index in [2.05, 4.69) is 29.6 Å². The van der Waals surface area contributed by atoms with Gasteiger partial charge < -0.3 is 15.0 Å². The Morgan fingerprint density at radius 2 is 1.72 bits per heavy atom. The van der Waals surface area contributed by atoms with Crippen molar-refractivity contribution in [1.29, 1.82) is 0 Å². The molecule has 2 aromatic carbocycles. The van der Waals surface area contributed by atoms with Gasteiger partial charge in [-0.3, -0.25) is 9.59 Å². The second-order valence-electron chi connectivity index (χ2n) is 9.01. The molecule has 1 unspecified atom stereocenters. The molecule has 0 aromatic heterocycles. The van der Waals surface area contributed by atoms with Crippen molar-refractivity contribution in [2.75, 3.05) is 18.5 Å². The Kier molecular flexibility index (Phi) is 7.13. The molecule has 1 saturated heterocycles. The summed E-state index contributed by atoms with van der Waals surface area (Å²) in [6.45, 7) is 4.77. The van der Waals surface area contributed by atoms with Crippen molar-refractivity contribution in [1.82, 2.24) is 4.90 Å². The summed E-state index contributed by atoms with van der Waals surface area (Å²) < 4.78 is 5.41. The van der Waals surface area contributed by atoms with Gasteiger partial charge in [0, 0.05) is 23.8 Å². The van der Waals surface area contributed by atoms with E-state index in [9.17, 15) is 9.59 Å². The van der Waals surface area contributed by atoms with Gasteiger partial charge in [-0.1, -0.05) is 43.2 Å². The summed E-state index contributed by atoms with van der Waals surface area (Å²) in [5.41, 5.74) is 3.73. The SMILES string of the molecule is CCOC(=O)C1CCCN(C(=O)c2ccccc2C)[C@H]1c1ccc(NC2CCCC2)cc1. The van der Waals surface area contributed by atoms with Gasteiger partial charge >= 0.3 is 5.97 Å². The number of likely N-dealkylation sites (tertiary alicyclic amines) is 1. The predicted molar refractivity (Wildman–Crippen MR) is 127 cm³/mol. The number of aryl methyl sites for hydroxylation is 1. The number of carbonyl (C=O) groups is 2. The molecule has 0 bridgehead atoms. The average Bonchev–Trinajstić information content (AvgIpc) is 3.32. The lowest BCUT2D eigenvalue weighted by atomic mass is 9.84. The zero-order valence-electron chi connectivity index (χ0n) is 19.2. The molecule has 1 saturated carbocycles. The first-order valence-corrected chi connectivity index (χ1v) is 12.0. The van der Waals surface area contributed by atoms with Crippen LogP contribution in [0.25, 0.3) is 0 Å². The van der Waals surface area contributed by atoms with Crippen molar-refractivity contribution in [2.24, 2.45) is 5.92 Å². The summed E-state index contributed by atoms with van der Waals surface area (Å²) >= 11 is 0. The molecule has 0 radical (unpaired) electrons.